The Hall–Kier alpha value is -4.10. The van der Waals surface area contributed by atoms with Crippen molar-refractivity contribution in [2.75, 3.05) is 0 Å². The highest BCUT2D eigenvalue weighted by molar-refractivity contribution is 6.33. The molecule has 1 N–H and O–H groups in total. The molecule has 0 aliphatic carbocycles. The van der Waals surface area contributed by atoms with E-state index < -0.39 is 23.7 Å². The van der Waals surface area contributed by atoms with E-state index in [1.807, 2.05) is 74.5 Å². The lowest BCUT2D eigenvalue weighted by Gasteiger charge is -2.18. The molecule has 3 aromatic carbocycles. The van der Waals surface area contributed by atoms with Crippen molar-refractivity contribution in [3.8, 4) is 5.75 Å². The van der Waals surface area contributed by atoms with E-state index in [2.05, 4.69) is 5.32 Å². The third kappa shape index (κ3) is 7.27. The summed E-state index contributed by atoms with van der Waals surface area (Å²) >= 11 is 6.49. The maximum atomic E-state index is 13.1. The van der Waals surface area contributed by atoms with E-state index in [1.165, 1.54) is 6.07 Å². The SMILES string of the molecule is CCCCC(NC(=O)OCc1ccccc1)C(=O)Oc1cc2oc(=O)c(Cc3ccccc3)c(C)c2cc1Cl. The van der Waals surface area contributed by atoms with E-state index in [0.29, 0.717) is 30.2 Å². The van der Waals surface area contributed by atoms with E-state index in [4.69, 9.17) is 25.5 Å². The second-order valence-corrected chi connectivity index (χ2v) is 9.66. The molecule has 0 fully saturated rings. The average Bonchev–Trinajstić information content (AvgIpc) is 2.94. The molecule has 7 nitrogen and oxygen atoms in total. The number of unbranched alkanes of at least 4 members (excludes halogenated alkanes) is 1. The summed E-state index contributed by atoms with van der Waals surface area (Å²) in [5.41, 5.74) is 2.87. The van der Waals surface area contributed by atoms with Crippen LogP contribution in [-0.4, -0.2) is 18.1 Å². The van der Waals surface area contributed by atoms with Crippen molar-refractivity contribution in [1.82, 2.24) is 5.32 Å². The summed E-state index contributed by atoms with van der Waals surface area (Å²) < 4.78 is 16.4. The lowest BCUT2D eigenvalue weighted by Crippen LogP contribution is -2.43. The van der Waals surface area contributed by atoms with Gasteiger partial charge in [-0.05, 0) is 36.1 Å². The van der Waals surface area contributed by atoms with Gasteiger partial charge < -0.3 is 19.2 Å². The van der Waals surface area contributed by atoms with Gasteiger partial charge in [-0.25, -0.2) is 14.4 Å². The molecule has 1 aromatic heterocycles. The van der Waals surface area contributed by atoms with Gasteiger partial charge in [0.15, 0.2) is 5.75 Å². The number of alkyl carbamates (subject to hydrolysis) is 1. The Balaban J connectivity index is 1.51. The molecule has 0 aliphatic rings. The van der Waals surface area contributed by atoms with Crippen LogP contribution in [0.5, 0.6) is 5.75 Å². The summed E-state index contributed by atoms with van der Waals surface area (Å²) in [7, 11) is 0. The summed E-state index contributed by atoms with van der Waals surface area (Å²) in [4.78, 5) is 38.3. The second kappa shape index (κ2) is 13.1. The Kier molecular flexibility index (Phi) is 9.39. The Morgan fingerprint density at radius 2 is 1.67 bits per heavy atom. The first-order valence-corrected chi connectivity index (χ1v) is 13.2. The van der Waals surface area contributed by atoms with E-state index in [9.17, 15) is 14.4 Å². The van der Waals surface area contributed by atoms with Crippen LogP contribution in [0.1, 0.15) is 48.4 Å². The highest BCUT2D eigenvalue weighted by Crippen LogP contribution is 2.32. The van der Waals surface area contributed by atoms with Crippen molar-refractivity contribution >= 4 is 34.6 Å². The first kappa shape index (κ1) is 27.9. The summed E-state index contributed by atoms with van der Waals surface area (Å²) in [6, 6.07) is 21.0. The van der Waals surface area contributed by atoms with Crippen LogP contribution in [0.15, 0.2) is 82.0 Å². The van der Waals surface area contributed by atoms with Crippen molar-refractivity contribution < 1.29 is 23.5 Å². The molecule has 1 amide bonds. The molecule has 0 saturated heterocycles. The number of benzene rings is 3. The Morgan fingerprint density at radius 3 is 2.33 bits per heavy atom. The number of ether oxygens (including phenoxy) is 2. The van der Waals surface area contributed by atoms with Gasteiger partial charge in [0.25, 0.3) is 0 Å². The highest BCUT2D eigenvalue weighted by atomic mass is 35.5. The van der Waals surface area contributed by atoms with Gasteiger partial charge in [0.1, 0.15) is 18.2 Å². The monoisotopic (exact) mass is 547 g/mol. The van der Waals surface area contributed by atoms with Crippen LogP contribution in [0, 0.1) is 6.92 Å². The lowest BCUT2D eigenvalue weighted by molar-refractivity contribution is -0.136. The number of rotatable bonds is 10. The molecule has 0 saturated carbocycles. The van der Waals surface area contributed by atoms with Crippen LogP contribution in [0.3, 0.4) is 0 Å². The molecule has 0 radical (unpaired) electrons. The minimum absolute atomic E-state index is 0.0356. The number of fused-ring (bicyclic) bond motifs is 1. The van der Waals surface area contributed by atoms with Crippen molar-refractivity contribution in [1.29, 1.82) is 0 Å². The maximum Gasteiger partial charge on any atom is 0.408 e. The fraction of sp³-hybridized carbons (Fsp3) is 0.258. The van der Waals surface area contributed by atoms with Crippen LogP contribution in [0.2, 0.25) is 5.02 Å². The number of amides is 1. The van der Waals surface area contributed by atoms with Crippen LogP contribution < -0.4 is 15.7 Å². The standard InChI is InChI=1S/C31H30ClNO6/c1-3-4-15-26(33-31(36)37-19-22-13-9-6-10-14-22)30(35)39-28-18-27-23(17-25(28)32)20(2)24(29(34)38-27)16-21-11-7-5-8-12-21/h5-14,17-18,26H,3-4,15-16,19H2,1-2H3,(H,33,36). The number of halogens is 1. The molecule has 0 aliphatic heterocycles. The lowest BCUT2D eigenvalue weighted by atomic mass is 9.99. The van der Waals surface area contributed by atoms with Gasteiger partial charge in [0.2, 0.25) is 0 Å². The van der Waals surface area contributed by atoms with Gasteiger partial charge in [-0.3, -0.25) is 0 Å². The van der Waals surface area contributed by atoms with Crippen molar-refractivity contribution in [3.63, 3.8) is 0 Å². The van der Waals surface area contributed by atoms with E-state index >= 15 is 0 Å². The van der Waals surface area contributed by atoms with Crippen molar-refractivity contribution in [3.05, 3.63) is 110 Å². The zero-order valence-electron chi connectivity index (χ0n) is 21.9. The Bertz CT molecular complexity index is 1500. The smallest absolute Gasteiger partial charge is 0.408 e. The zero-order chi connectivity index (χ0) is 27.8. The van der Waals surface area contributed by atoms with Crippen LogP contribution in [0.25, 0.3) is 11.0 Å². The maximum absolute atomic E-state index is 13.1. The van der Waals surface area contributed by atoms with Gasteiger partial charge in [-0.15, -0.1) is 0 Å². The van der Waals surface area contributed by atoms with Crippen molar-refractivity contribution in [2.45, 2.75) is 52.2 Å². The predicted octanol–water partition coefficient (Wildman–Crippen LogP) is 6.74. The quantitative estimate of drug-likeness (QED) is 0.134. The fourth-order valence-electron chi connectivity index (χ4n) is 4.22. The largest absolute Gasteiger partial charge is 0.445 e. The second-order valence-electron chi connectivity index (χ2n) is 9.26. The molecule has 1 heterocycles. The minimum Gasteiger partial charge on any atom is -0.445 e. The normalized spacial score (nSPS) is 11.7. The highest BCUT2D eigenvalue weighted by Gasteiger charge is 2.25. The summed E-state index contributed by atoms with van der Waals surface area (Å²) in [5, 5.41) is 3.42. The predicted molar refractivity (Wildman–Crippen MR) is 150 cm³/mol. The summed E-state index contributed by atoms with van der Waals surface area (Å²) in [6.07, 6.45) is 1.55. The fourth-order valence-corrected chi connectivity index (χ4v) is 4.42. The zero-order valence-corrected chi connectivity index (χ0v) is 22.6. The Labute approximate surface area is 231 Å². The number of hydrogen-bond donors (Lipinski definition) is 1. The molecule has 1 atom stereocenters. The average molecular weight is 548 g/mol. The molecule has 0 bridgehead atoms. The van der Waals surface area contributed by atoms with E-state index in [1.54, 1.807) is 6.07 Å². The first-order chi connectivity index (χ1) is 18.9. The van der Waals surface area contributed by atoms with Gasteiger partial charge in [0, 0.05) is 23.4 Å². The number of hydrogen-bond acceptors (Lipinski definition) is 6. The third-order valence-electron chi connectivity index (χ3n) is 6.41. The third-order valence-corrected chi connectivity index (χ3v) is 6.71. The molecule has 202 valence electrons. The summed E-state index contributed by atoms with van der Waals surface area (Å²) in [6.45, 7) is 3.89. The van der Waals surface area contributed by atoms with E-state index in [0.717, 1.165) is 23.1 Å². The molecular formula is C31H30ClNO6. The molecule has 4 aromatic rings. The molecular weight excluding hydrogens is 518 g/mol. The Morgan fingerprint density at radius 1 is 1.00 bits per heavy atom. The number of nitrogens with one attached hydrogen (secondary N) is 1. The van der Waals surface area contributed by atoms with Crippen LogP contribution in [-0.2, 0) is 22.6 Å². The van der Waals surface area contributed by atoms with Gasteiger partial charge in [-0.1, -0.05) is 92.0 Å². The topological polar surface area (TPSA) is 94.8 Å². The molecule has 1 unspecified atom stereocenters. The van der Waals surface area contributed by atoms with Crippen LogP contribution in [0.4, 0.5) is 4.79 Å². The van der Waals surface area contributed by atoms with Gasteiger partial charge in [-0.2, -0.15) is 0 Å². The van der Waals surface area contributed by atoms with Gasteiger partial charge >= 0.3 is 17.7 Å². The summed E-state index contributed by atoms with van der Waals surface area (Å²) in [5.74, 6) is -0.658. The minimum atomic E-state index is -0.943. The number of esters is 1. The van der Waals surface area contributed by atoms with Gasteiger partial charge in [0.05, 0.1) is 5.02 Å². The van der Waals surface area contributed by atoms with Crippen LogP contribution >= 0.6 is 11.6 Å². The van der Waals surface area contributed by atoms with Crippen molar-refractivity contribution in [2.24, 2.45) is 0 Å². The number of carbonyl (C=O) groups is 2. The number of carbonyl (C=O) groups excluding carboxylic acids is 2. The molecule has 8 heteroatoms. The molecule has 4 rings (SSSR count). The molecule has 0 spiro atoms. The number of aryl methyl sites for hydroxylation is 1. The molecule has 39 heavy (non-hydrogen) atoms. The van der Waals surface area contributed by atoms with E-state index in [-0.39, 0.29) is 23.0 Å². The first-order valence-electron chi connectivity index (χ1n) is 12.8.